The first kappa shape index (κ1) is 72.5. The van der Waals surface area contributed by atoms with Crippen molar-refractivity contribution in [3.63, 3.8) is 0 Å². The first-order chi connectivity index (χ1) is 38.7. The van der Waals surface area contributed by atoms with Crippen LogP contribution in [0.3, 0.4) is 0 Å². The highest BCUT2D eigenvalue weighted by Crippen LogP contribution is 2.21. The molecule has 24 nitrogen and oxygen atoms in total. The zero-order chi connectivity index (χ0) is 62.9. The lowest BCUT2D eigenvalue weighted by atomic mass is 9.98. The van der Waals surface area contributed by atoms with E-state index in [4.69, 9.17) is 16.2 Å². The maximum absolute atomic E-state index is 14.2. The van der Waals surface area contributed by atoms with Crippen LogP contribution in [0, 0.1) is 29.6 Å². The Labute approximate surface area is 494 Å². The fourth-order valence-corrected chi connectivity index (χ4v) is 9.66. The molecule has 0 aliphatic carbocycles. The summed E-state index contributed by atoms with van der Waals surface area (Å²) in [6.45, 7) is 24.6. The molecule has 0 radical (unpaired) electrons. The molecular formula is C58H97N13O11S. The van der Waals surface area contributed by atoms with Gasteiger partial charge in [-0.1, -0.05) is 87.4 Å². The van der Waals surface area contributed by atoms with Gasteiger partial charge >= 0.3 is 6.09 Å². The second kappa shape index (κ2) is 35.5. The van der Waals surface area contributed by atoms with Crippen LogP contribution in [0.2, 0.25) is 0 Å². The lowest BCUT2D eigenvalue weighted by Gasteiger charge is -2.28. The van der Waals surface area contributed by atoms with Gasteiger partial charge in [0.1, 0.15) is 41.9 Å². The number of aromatic amines is 1. The third-order valence-electron chi connectivity index (χ3n) is 12.8. The molecule has 1 aromatic heterocycles. The van der Waals surface area contributed by atoms with Gasteiger partial charge in [-0.15, -0.1) is 0 Å². The summed E-state index contributed by atoms with van der Waals surface area (Å²) in [5.74, 6) is -6.55. The Hall–Kier alpha value is -6.60. The minimum absolute atomic E-state index is 0.0262. The topological polar surface area (TPSA) is 368 Å². The molecule has 8 atom stereocenters. The molecule has 0 aliphatic rings. The van der Waals surface area contributed by atoms with Crippen molar-refractivity contribution in [2.75, 3.05) is 20.1 Å². The number of alkyl carbamates (subject to hydrolysis) is 1. The van der Waals surface area contributed by atoms with Crippen molar-refractivity contribution >= 4 is 87.0 Å². The maximum Gasteiger partial charge on any atom is 0.408 e. The number of nitrogens with one attached hydrogen (secondary N) is 10. The molecule has 1 aromatic carbocycles. The SMILES string of the molecule is CN[C@@H](CCCN=C(N)N)C(=O)SN[C@@H](CC(C)C)C(=O)N[C@@H](CC(C)C)C(=O)N[C@@H](C)C(=O)N[C@@H](CC(C)C)C(=O)N[C@@H](CC(C)C)C(=O)N[C@@H](CC(C)C)C(=O)NCC(=O)C(=O)[C@H](Cc1c[nH]c2ccccc12)NC(=O)OC(C)(C)C. The Balaban J connectivity index is 2.24. The standard InChI is InChI=1S/C58H97N13O11S/c1-31(2)23-42(50(75)64-30-47(72)48(73)41(70-57(81)82-58(12,13)14)28-37-29-63-39-20-17-16-19-38(37)39)67-53(78)45(26-34(7)8)68-52(77)44(25-33(5)6)66-49(74)36(11)65-51(76)43(24-32(3)4)69-54(79)46(27-35(9)10)71-83-55(80)40(61-15)21-18-22-62-56(59)60/h16-17,19-20,29,31-36,40-46,61,63,71H,18,21-28,30H2,1-15H3,(H,64,75)(H,65,76)(H,66,74)(H,67,78)(H,68,77)(H,69,79)(H,70,81)(H4,59,60,62)/t36-,40-,41-,42-,43-,44-,45-,46-/m0/s1. The van der Waals surface area contributed by atoms with Crippen molar-refractivity contribution in [3.8, 4) is 0 Å². The van der Waals surface area contributed by atoms with Crippen molar-refractivity contribution in [1.82, 2.24) is 52.2 Å². The molecule has 7 amide bonds. The number of ether oxygens (including phenoxy) is 1. The summed E-state index contributed by atoms with van der Waals surface area (Å²) >= 11 is 0.793. The summed E-state index contributed by atoms with van der Waals surface area (Å²) in [4.78, 5) is 144. The number of guanidine groups is 1. The number of para-hydroxylation sites is 1. The molecule has 2 aromatic rings. The first-order valence-electron chi connectivity index (χ1n) is 28.8. The Morgan fingerprint density at radius 1 is 0.590 bits per heavy atom. The summed E-state index contributed by atoms with van der Waals surface area (Å²) in [6.07, 6.45) is 2.60. The number of benzene rings is 1. The molecular weight excluding hydrogens is 1090 g/mol. The number of fused-ring (bicyclic) bond motifs is 1. The van der Waals surface area contributed by atoms with Gasteiger partial charge in [-0.3, -0.25) is 48.1 Å². The van der Waals surface area contributed by atoms with Gasteiger partial charge in [-0.2, -0.15) is 0 Å². The molecule has 25 heteroatoms. The molecule has 0 fully saturated rings. The number of nitrogens with two attached hydrogens (primary N) is 2. The minimum Gasteiger partial charge on any atom is -0.444 e. The van der Waals surface area contributed by atoms with E-state index in [1.807, 2.05) is 93.5 Å². The molecule has 2 rings (SSSR count). The van der Waals surface area contributed by atoms with Crippen LogP contribution in [-0.2, 0) is 54.3 Å². The molecule has 0 aliphatic heterocycles. The van der Waals surface area contributed by atoms with E-state index in [2.05, 4.69) is 57.2 Å². The van der Waals surface area contributed by atoms with Gasteiger partial charge in [0.2, 0.25) is 52.1 Å². The third kappa shape index (κ3) is 27.6. The van der Waals surface area contributed by atoms with Gasteiger partial charge in [0, 0.05) is 30.1 Å². The molecule has 0 spiro atoms. The first-order valence-corrected chi connectivity index (χ1v) is 29.6. The van der Waals surface area contributed by atoms with E-state index in [9.17, 15) is 47.9 Å². The van der Waals surface area contributed by atoms with E-state index in [-0.39, 0.29) is 72.8 Å². The van der Waals surface area contributed by atoms with Crippen LogP contribution in [-0.4, -0.2) is 143 Å². The van der Waals surface area contributed by atoms with E-state index < -0.39 is 114 Å². The van der Waals surface area contributed by atoms with Crippen LogP contribution in [0.4, 0.5) is 4.79 Å². The molecule has 14 N–H and O–H groups in total. The van der Waals surface area contributed by atoms with Gasteiger partial charge in [0.05, 0.1) is 18.6 Å². The average Bonchev–Trinajstić information content (AvgIpc) is 4.09. The van der Waals surface area contributed by atoms with Crippen molar-refractivity contribution in [2.24, 2.45) is 46.0 Å². The normalized spacial score (nSPS) is 14.6. The number of hydrogen-bond acceptors (Lipinski definition) is 15. The summed E-state index contributed by atoms with van der Waals surface area (Å²) in [7, 11) is 1.65. The monoisotopic (exact) mass is 1180 g/mol. The Kier molecular flexibility index (Phi) is 31.0. The van der Waals surface area contributed by atoms with Crippen LogP contribution in [0.25, 0.3) is 10.9 Å². The number of aliphatic imine (C=N–C) groups is 1. The average molecular weight is 1180 g/mol. The predicted octanol–water partition coefficient (Wildman–Crippen LogP) is 3.31. The van der Waals surface area contributed by atoms with Crippen LogP contribution >= 0.6 is 11.9 Å². The van der Waals surface area contributed by atoms with Gasteiger partial charge in [0.25, 0.3) is 0 Å². The number of carbonyl (C=O) groups is 10. The lowest BCUT2D eigenvalue weighted by molar-refractivity contribution is -0.138. The molecule has 466 valence electrons. The highest BCUT2D eigenvalue weighted by Gasteiger charge is 2.35. The summed E-state index contributed by atoms with van der Waals surface area (Å²) < 4.78 is 8.39. The third-order valence-corrected chi connectivity index (χ3v) is 13.7. The van der Waals surface area contributed by atoms with E-state index in [0.717, 1.165) is 22.9 Å². The van der Waals surface area contributed by atoms with Crippen molar-refractivity contribution in [2.45, 2.75) is 202 Å². The molecule has 83 heavy (non-hydrogen) atoms. The summed E-state index contributed by atoms with van der Waals surface area (Å²) in [5.41, 5.74) is 11.4. The van der Waals surface area contributed by atoms with E-state index >= 15 is 0 Å². The van der Waals surface area contributed by atoms with Gasteiger partial charge in [-0.05, 0) is 133 Å². The molecule has 0 unspecified atom stereocenters. The smallest absolute Gasteiger partial charge is 0.408 e. The largest absolute Gasteiger partial charge is 0.444 e. The molecule has 1 heterocycles. The van der Waals surface area contributed by atoms with Crippen molar-refractivity contribution < 1.29 is 52.7 Å². The lowest BCUT2D eigenvalue weighted by Crippen LogP contribution is -2.59. The predicted molar refractivity (Wildman–Crippen MR) is 323 cm³/mol. The number of H-pyrrole nitrogens is 1. The van der Waals surface area contributed by atoms with Gasteiger partial charge in [-0.25, -0.2) is 9.52 Å². The highest BCUT2D eigenvalue weighted by atomic mass is 32.2. The quantitative estimate of drug-likeness (QED) is 0.0153. The number of Topliss-reactive ketones (excluding diaryl/α,β-unsaturated/α-hetero) is 2. The second-order valence-corrected chi connectivity index (χ2v) is 25.1. The van der Waals surface area contributed by atoms with Crippen molar-refractivity contribution in [1.29, 1.82) is 0 Å². The van der Waals surface area contributed by atoms with Gasteiger partial charge in [0.15, 0.2) is 5.96 Å². The van der Waals surface area contributed by atoms with Gasteiger partial charge < -0.3 is 63.7 Å². The Morgan fingerprint density at radius 2 is 1.05 bits per heavy atom. The summed E-state index contributed by atoms with van der Waals surface area (Å²) in [5, 5.41) is 22.3. The fourth-order valence-electron chi connectivity index (χ4n) is 8.82. The fraction of sp³-hybridized carbons (Fsp3) is 0.672. The van der Waals surface area contributed by atoms with Crippen LogP contribution in [0.5, 0.6) is 0 Å². The van der Waals surface area contributed by atoms with E-state index in [0.29, 0.717) is 31.4 Å². The number of likely N-dealkylation sites (N-methyl/N-ethyl adjacent to an activating group) is 1. The van der Waals surface area contributed by atoms with Crippen LogP contribution in [0.15, 0.2) is 35.5 Å². The molecule has 0 saturated carbocycles. The zero-order valence-electron chi connectivity index (χ0n) is 51.5. The Bertz CT molecular complexity index is 2520. The minimum atomic E-state index is -1.35. The molecule has 0 bridgehead atoms. The molecule has 0 saturated heterocycles. The Morgan fingerprint density at radius 3 is 1.53 bits per heavy atom. The number of carbonyl (C=O) groups excluding carboxylic acids is 10. The number of ketones is 2. The van der Waals surface area contributed by atoms with Crippen LogP contribution < -0.4 is 58.7 Å². The highest BCUT2D eigenvalue weighted by molar-refractivity contribution is 8.12. The number of amides is 7. The maximum atomic E-state index is 14.2. The number of hydrogen-bond donors (Lipinski definition) is 12. The van der Waals surface area contributed by atoms with Crippen molar-refractivity contribution in [3.05, 3.63) is 36.0 Å². The zero-order valence-corrected chi connectivity index (χ0v) is 52.3. The number of aromatic nitrogens is 1. The van der Waals surface area contributed by atoms with E-state index in [1.54, 1.807) is 34.0 Å². The van der Waals surface area contributed by atoms with E-state index in [1.165, 1.54) is 6.92 Å². The summed E-state index contributed by atoms with van der Waals surface area (Å²) in [6, 6.07) is -1.30. The number of rotatable bonds is 36. The van der Waals surface area contributed by atoms with Crippen LogP contribution in [0.1, 0.15) is 147 Å². The second-order valence-electron chi connectivity index (χ2n) is 24.3. The number of nitrogens with zero attached hydrogens (tertiary/aromatic N) is 1.